The molecule has 134 valence electrons. The molecule has 5 rings (SSSR count). The maximum atomic E-state index is 12.6. The highest BCUT2D eigenvalue weighted by atomic mass is 32.2. The fraction of sp³-hybridized carbons (Fsp3) is 0.444. The molecule has 2 saturated carbocycles. The predicted molar refractivity (Wildman–Crippen MR) is 95.9 cm³/mol. The van der Waals surface area contributed by atoms with Crippen molar-refractivity contribution in [2.24, 2.45) is 0 Å². The topological polar surface area (TPSA) is 86.1 Å². The highest BCUT2D eigenvalue weighted by Gasteiger charge is 2.36. The van der Waals surface area contributed by atoms with E-state index in [9.17, 15) is 9.59 Å². The van der Waals surface area contributed by atoms with E-state index in [4.69, 9.17) is 4.74 Å². The lowest BCUT2D eigenvalue weighted by Gasteiger charge is -2.18. The molecule has 2 aliphatic carbocycles. The van der Waals surface area contributed by atoms with E-state index in [1.165, 1.54) is 37.4 Å². The zero-order chi connectivity index (χ0) is 17.7. The summed E-state index contributed by atoms with van der Waals surface area (Å²) in [6.07, 6.45) is 4.72. The summed E-state index contributed by atoms with van der Waals surface area (Å²) >= 11 is 1.44. The van der Waals surface area contributed by atoms with Crippen LogP contribution in [-0.2, 0) is 4.79 Å². The molecule has 1 amide bonds. The third-order valence-corrected chi connectivity index (χ3v) is 5.76. The number of nitrogens with one attached hydrogen (secondary N) is 1. The van der Waals surface area contributed by atoms with E-state index in [1.54, 1.807) is 18.2 Å². The quantitative estimate of drug-likeness (QED) is 0.622. The highest BCUT2D eigenvalue weighted by Crippen LogP contribution is 2.46. The largest absolute Gasteiger partial charge is 0.482 e. The van der Waals surface area contributed by atoms with E-state index in [0.717, 1.165) is 11.0 Å². The van der Waals surface area contributed by atoms with Crippen LogP contribution in [0.4, 0.5) is 5.69 Å². The smallest absolute Gasteiger partial charge is 0.262 e. The predicted octanol–water partition coefficient (Wildman–Crippen LogP) is 2.80. The van der Waals surface area contributed by atoms with Gasteiger partial charge in [0, 0.05) is 17.5 Å². The summed E-state index contributed by atoms with van der Waals surface area (Å²) < 4.78 is 7.58. The van der Waals surface area contributed by atoms with E-state index in [0.29, 0.717) is 34.7 Å². The molecule has 8 heteroatoms. The molecule has 0 radical (unpaired) electrons. The Hall–Kier alpha value is -2.35. The molecule has 2 heterocycles. The molecular weight excluding hydrogens is 352 g/mol. The Balaban J connectivity index is 1.31. The van der Waals surface area contributed by atoms with Gasteiger partial charge in [0.2, 0.25) is 0 Å². The number of benzene rings is 1. The number of anilines is 1. The Morgan fingerprint density at radius 2 is 2.12 bits per heavy atom. The van der Waals surface area contributed by atoms with Crippen LogP contribution in [-0.4, -0.2) is 38.8 Å². The van der Waals surface area contributed by atoms with Gasteiger partial charge in [-0.25, -0.2) is 0 Å². The molecule has 1 aliphatic heterocycles. The van der Waals surface area contributed by atoms with Crippen molar-refractivity contribution in [1.29, 1.82) is 0 Å². The molecule has 0 saturated heterocycles. The minimum Gasteiger partial charge on any atom is -0.482 e. The normalized spacial score (nSPS) is 18.8. The number of rotatable bonds is 6. The molecule has 0 bridgehead atoms. The third-order valence-electron chi connectivity index (χ3n) is 4.81. The van der Waals surface area contributed by atoms with E-state index < -0.39 is 0 Å². The van der Waals surface area contributed by atoms with E-state index in [2.05, 4.69) is 20.1 Å². The summed E-state index contributed by atoms with van der Waals surface area (Å²) in [6.45, 7) is 0.0102. The summed E-state index contributed by atoms with van der Waals surface area (Å²) in [5.41, 5.74) is 1.11. The van der Waals surface area contributed by atoms with Crippen LogP contribution in [0.15, 0.2) is 23.4 Å². The number of fused-ring (bicyclic) bond motifs is 1. The Bertz CT molecular complexity index is 902. The lowest BCUT2D eigenvalue weighted by Crippen LogP contribution is -2.25. The van der Waals surface area contributed by atoms with Gasteiger partial charge >= 0.3 is 0 Å². The minimum absolute atomic E-state index is 0.00376. The average Bonchev–Trinajstić information content (AvgIpc) is 3.57. The van der Waals surface area contributed by atoms with Crippen LogP contribution in [0.1, 0.15) is 53.8 Å². The Kier molecular flexibility index (Phi) is 3.74. The van der Waals surface area contributed by atoms with Gasteiger partial charge in [-0.05, 0) is 43.9 Å². The molecule has 0 atom stereocenters. The Labute approximate surface area is 154 Å². The van der Waals surface area contributed by atoms with E-state index in [-0.39, 0.29) is 18.3 Å². The summed E-state index contributed by atoms with van der Waals surface area (Å²) in [4.78, 5) is 24.0. The van der Waals surface area contributed by atoms with Crippen LogP contribution in [0.2, 0.25) is 0 Å². The van der Waals surface area contributed by atoms with Gasteiger partial charge in [0.1, 0.15) is 11.6 Å². The number of carbonyl (C=O) groups excluding carboxylic acids is 2. The van der Waals surface area contributed by atoms with Crippen LogP contribution >= 0.6 is 11.8 Å². The zero-order valence-electron chi connectivity index (χ0n) is 14.1. The first kappa shape index (κ1) is 15.9. The number of ketones is 1. The maximum Gasteiger partial charge on any atom is 0.262 e. The van der Waals surface area contributed by atoms with Gasteiger partial charge in [0.25, 0.3) is 5.91 Å². The van der Waals surface area contributed by atoms with Crippen molar-refractivity contribution in [3.05, 3.63) is 29.6 Å². The second-order valence-corrected chi connectivity index (χ2v) is 7.92. The van der Waals surface area contributed by atoms with Gasteiger partial charge in [0.15, 0.2) is 17.5 Å². The van der Waals surface area contributed by atoms with Crippen LogP contribution < -0.4 is 10.1 Å². The van der Waals surface area contributed by atoms with Crippen molar-refractivity contribution in [1.82, 2.24) is 14.8 Å². The van der Waals surface area contributed by atoms with Crippen LogP contribution in [0.5, 0.6) is 5.75 Å². The number of nitrogens with zero attached hydrogens (tertiary/aromatic N) is 3. The van der Waals surface area contributed by atoms with Gasteiger partial charge in [-0.15, -0.1) is 10.2 Å². The van der Waals surface area contributed by atoms with Crippen molar-refractivity contribution in [3.8, 4) is 5.75 Å². The number of amides is 1. The first-order chi connectivity index (χ1) is 12.7. The summed E-state index contributed by atoms with van der Waals surface area (Å²) in [5, 5.41) is 12.3. The van der Waals surface area contributed by atoms with Crippen molar-refractivity contribution in [3.63, 3.8) is 0 Å². The standard InChI is InChI=1S/C18H18N4O3S/c23-14(11-3-6-15-13(7-11)19-16(24)8-25-15)9-26-18-21-20-17(10-1-2-10)22(18)12-4-5-12/h3,6-7,10,12H,1-2,4-5,8-9H2,(H,19,24). The van der Waals surface area contributed by atoms with E-state index in [1.807, 2.05) is 0 Å². The molecule has 1 aromatic carbocycles. The fourth-order valence-electron chi connectivity index (χ4n) is 3.15. The van der Waals surface area contributed by atoms with Crippen LogP contribution in [0, 0.1) is 0 Å². The molecule has 26 heavy (non-hydrogen) atoms. The van der Waals surface area contributed by atoms with Crippen molar-refractivity contribution >= 4 is 29.1 Å². The summed E-state index contributed by atoms with van der Waals surface area (Å²) in [6, 6.07) is 5.65. The van der Waals surface area contributed by atoms with E-state index >= 15 is 0 Å². The molecule has 7 nitrogen and oxygen atoms in total. The van der Waals surface area contributed by atoms with Crippen molar-refractivity contribution < 1.29 is 14.3 Å². The Morgan fingerprint density at radius 1 is 1.27 bits per heavy atom. The fourth-order valence-corrected chi connectivity index (χ4v) is 4.06. The molecule has 0 unspecified atom stereocenters. The zero-order valence-corrected chi connectivity index (χ0v) is 14.9. The SMILES string of the molecule is O=C1COc2ccc(C(=O)CSc3nnc(C4CC4)n3C3CC3)cc2N1. The molecule has 1 aromatic heterocycles. The van der Waals surface area contributed by atoms with Crippen LogP contribution in [0.25, 0.3) is 0 Å². The third kappa shape index (κ3) is 2.98. The van der Waals surface area contributed by atoms with Gasteiger partial charge in [-0.2, -0.15) is 0 Å². The highest BCUT2D eigenvalue weighted by molar-refractivity contribution is 7.99. The minimum atomic E-state index is -0.207. The lowest BCUT2D eigenvalue weighted by atomic mass is 10.1. The molecule has 1 N–H and O–H groups in total. The number of ether oxygens (including phenoxy) is 1. The van der Waals surface area contributed by atoms with Gasteiger partial charge < -0.3 is 14.6 Å². The van der Waals surface area contributed by atoms with Gasteiger partial charge in [-0.1, -0.05) is 11.8 Å². The number of hydrogen-bond donors (Lipinski definition) is 1. The maximum absolute atomic E-state index is 12.6. The molecule has 0 spiro atoms. The molecule has 2 aromatic rings. The second-order valence-electron chi connectivity index (χ2n) is 6.98. The lowest BCUT2D eigenvalue weighted by molar-refractivity contribution is -0.118. The Morgan fingerprint density at radius 3 is 2.88 bits per heavy atom. The summed E-state index contributed by atoms with van der Waals surface area (Å²) in [7, 11) is 0. The molecule has 2 fully saturated rings. The van der Waals surface area contributed by atoms with Crippen molar-refractivity contribution in [2.75, 3.05) is 17.7 Å². The van der Waals surface area contributed by atoms with Crippen molar-refractivity contribution in [2.45, 2.75) is 42.8 Å². The number of aromatic nitrogens is 3. The number of carbonyl (C=O) groups is 2. The van der Waals surface area contributed by atoms with Crippen LogP contribution in [0.3, 0.4) is 0 Å². The first-order valence-corrected chi connectivity index (χ1v) is 9.85. The monoisotopic (exact) mass is 370 g/mol. The number of hydrogen-bond acceptors (Lipinski definition) is 6. The summed E-state index contributed by atoms with van der Waals surface area (Å²) in [5.74, 6) is 2.32. The number of Topliss-reactive ketones (excluding diaryl/α,β-unsaturated/α-hetero) is 1. The average molecular weight is 370 g/mol. The van der Waals surface area contributed by atoms with Gasteiger partial charge in [-0.3, -0.25) is 9.59 Å². The molecular formula is C18H18N4O3S. The van der Waals surface area contributed by atoms with Gasteiger partial charge in [0.05, 0.1) is 11.4 Å². The number of thioether (sulfide) groups is 1. The molecule has 3 aliphatic rings. The second kappa shape index (κ2) is 6.12. The first-order valence-electron chi connectivity index (χ1n) is 8.86.